The van der Waals surface area contributed by atoms with Crippen LogP contribution in [-0.4, -0.2) is 11.8 Å². The largest absolute Gasteiger partial charge is 0.325 e. The van der Waals surface area contributed by atoms with Crippen molar-refractivity contribution in [3.8, 4) is 0 Å². The molecule has 0 saturated heterocycles. The fourth-order valence-electron chi connectivity index (χ4n) is 2.08. The van der Waals surface area contributed by atoms with Crippen LogP contribution in [0.5, 0.6) is 0 Å². The van der Waals surface area contributed by atoms with E-state index >= 15 is 0 Å². The molecule has 4 nitrogen and oxygen atoms in total. The van der Waals surface area contributed by atoms with Crippen LogP contribution in [-0.2, 0) is 9.59 Å². The van der Waals surface area contributed by atoms with E-state index < -0.39 is 11.8 Å². The van der Waals surface area contributed by atoms with Crippen molar-refractivity contribution < 1.29 is 9.59 Å². The summed E-state index contributed by atoms with van der Waals surface area (Å²) in [4.78, 5) is 23.9. The number of rotatable bonds is 4. The van der Waals surface area contributed by atoms with Crippen molar-refractivity contribution in [3.63, 3.8) is 0 Å². The maximum atomic E-state index is 12.0. The van der Waals surface area contributed by atoms with Gasteiger partial charge in [-0.25, -0.2) is 0 Å². The van der Waals surface area contributed by atoms with Crippen LogP contribution in [0.4, 0.5) is 11.4 Å². The fraction of sp³-hybridized carbons (Fsp3) is 0.176. The minimum absolute atomic E-state index is 0.309. The van der Waals surface area contributed by atoms with Crippen LogP contribution in [0.25, 0.3) is 0 Å². The summed E-state index contributed by atoms with van der Waals surface area (Å²) in [6.45, 7) is 3.87. The van der Waals surface area contributed by atoms with Gasteiger partial charge in [0.05, 0.1) is 10.7 Å². The highest BCUT2D eigenvalue weighted by Crippen LogP contribution is 2.25. The van der Waals surface area contributed by atoms with Gasteiger partial charge in [0, 0.05) is 10.7 Å². The van der Waals surface area contributed by atoms with E-state index in [-0.39, 0.29) is 6.42 Å². The predicted molar refractivity (Wildman–Crippen MR) is 94.3 cm³/mol. The number of aryl methyl sites for hydroxylation is 2. The number of carbonyl (C=O) groups is 2. The standard InChI is InChI=1S/C17H16Cl2N2O2/c1-10-3-6-14(11(2)7-10)20-16(22)9-17(23)21-15-8-12(18)4-5-13(15)19/h3-8H,9H2,1-2H3,(H,20,22)(H,21,23). The zero-order chi connectivity index (χ0) is 17.0. The van der Waals surface area contributed by atoms with Gasteiger partial charge in [0.1, 0.15) is 6.42 Å². The Morgan fingerprint density at radius 2 is 1.57 bits per heavy atom. The van der Waals surface area contributed by atoms with Gasteiger partial charge in [-0.3, -0.25) is 9.59 Å². The zero-order valence-corrected chi connectivity index (χ0v) is 14.3. The van der Waals surface area contributed by atoms with Gasteiger partial charge in [0.15, 0.2) is 0 Å². The smallest absolute Gasteiger partial charge is 0.233 e. The second-order valence-electron chi connectivity index (χ2n) is 5.22. The topological polar surface area (TPSA) is 58.2 Å². The molecule has 2 aromatic rings. The summed E-state index contributed by atoms with van der Waals surface area (Å²) in [6.07, 6.45) is -0.309. The number of hydrogen-bond acceptors (Lipinski definition) is 2. The van der Waals surface area contributed by atoms with Crippen LogP contribution < -0.4 is 10.6 Å². The molecule has 0 unspecified atom stereocenters. The minimum atomic E-state index is -0.462. The molecule has 23 heavy (non-hydrogen) atoms. The molecule has 0 heterocycles. The van der Waals surface area contributed by atoms with Gasteiger partial charge < -0.3 is 10.6 Å². The minimum Gasteiger partial charge on any atom is -0.325 e. The molecule has 0 radical (unpaired) electrons. The van der Waals surface area contributed by atoms with Gasteiger partial charge in [0.2, 0.25) is 11.8 Å². The van der Waals surface area contributed by atoms with Crippen LogP contribution in [0.15, 0.2) is 36.4 Å². The first kappa shape index (κ1) is 17.3. The lowest BCUT2D eigenvalue weighted by molar-refractivity contribution is -0.123. The van der Waals surface area contributed by atoms with E-state index in [1.807, 2.05) is 32.0 Å². The third-order valence-corrected chi connectivity index (χ3v) is 3.74. The molecular weight excluding hydrogens is 335 g/mol. The Morgan fingerprint density at radius 3 is 2.22 bits per heavy atom. The summed E-state index contributed by atoms with van der Waals surface area (Å²) in [6, 6.07) is 10.4. The highest BCUT2D eigenvalue weighted by atomic mass is 35.5. The van der Waals surface area contributed by atoms with Gasteiger partial charge in [-0.05, 0) is 43.7 Å². The maximum absolute atomic E-state index is 12.0. The summed E-state index contributed by atoms with van der Waals surface area (Å²) in [5.74, 6) is -0.857. The highest BCUT2D eigenvalue weighted by Gasteiger charge is 2.12. The summed E-state index contributed by atoms with van der Waals surface area (Å²) < 4.78 is 0. The highest BCUT2D eigenvalue weighted by molar-refractivity contribution is 6.35. The van der Waals surface area contributed by atoms with E-state index in [1.54, 1.807) is 12.1 Å². The Labute approximate surface area is 144 Å². The number of halogens is 2. The molecule has 120 valence electrons. The maximum Gasteiger partial charge on any atom is 0.233 e. The van der Waals surface area contributed by atoms with Crippen molar-refractivity contribution in [2.24, 2.45) is 0 Å². The first-order valence-electron chi connectivity index (χ1n) is 6.97. The number of nitrogens with one attached hydrogen (secondary N) is 2. The summed E-state index contributed by atoms with van der Waals surface area (Å²) in [5.41, 5.74) is 3.11. The average molecular weight is 351 g/mol. The van der Waals surface area contributed by atoms with E-state index in [0.29, 0.717) is 21.4 Å². The summed E-state index contributed by atoms with van der Waals surface area (Å²) in [5, 5.41) is 6.10. The zero-order valence-electron chi connectivity index (χ0n) is 12.7. The Morgan fingerprint density at radius 1 is 0.913 bits per heavy atom. The quantitative estimate of drug-likeness (QED) is 0.793. The van der Waals surface area contributed by atoms with Crippen LogP contribution >= 0.6 is 23.2 Å². The lowest BCUT2D eigenvalue weighted by Gasteiger charge is -2.10. The van der Waals surface area contributed by atoms with Gasteiger partial charge in [-0.1, -0.05) is 40.9 Å². The number of carbonyl (C=O) groups excluding carboxylic acids is 2. The Kier molecular flexibility index (Phi) is 5.64. The lowest BCUT2D eigenvalue weighted by atomic mass is 10.1. The van der Waals surface area contributed by atoms with E-state index in [4.69, 9.17) is 23.2 Å². The second-order valence-corrected chi connectivity index (χ2v) is 6.06. The van der Waals surface area contributed by atoms with Gasteiger partial charge in [-0.2, -0.15) is 0 Å². The average Bonchev–Trinajstić information content (AvgIpc) is 2.46. The van der Waals surface area contributed by atoms with Crippen LogP contribution in [0.3, 0.4) is 0 Å². The molecule has 0 saturated carbocycles. The molecule has 2 amide bonds. The van der Waals surface area contributed by atoms with E-state index in [2.05, 4.69) is 10.6 Å². The SMILES string of the molecule is Cc1ccc(NC(=O)CC(=O)Nc2cc(Cl)ccc2Cl)c(C)c1. The normalized spacial score (nSPS) is 10.3. The van der Waals surface area contributed by atoms with Crippen molar-refractivity contribution in [1.29, 1.82) is 0 Å². The molecular formula is C17H16Cl2N2O2. The molecule has 2 aromatic carbocycles. The van der Waals surface area contributed by atoms with Crippen molar-refractivity contribution in [2.45, 2.75) is 20.3 Å². The molecule has 2 rings (SSSR count). The number of anilines is 2. The van der Waals surface area contributed by atoms with E-state index in [1.165, 1.54) is 6.07 Å². The third kappa shape index (κ3) is 4.98. The van der Waals surface area contributed by atoms with Gasteiger partial charge >= 0.3 is 0 Å². The first-order valence-corrected chi connectivity index (χ1v) is 7.73. The molecule has 2 N–H and O–H groups in total. The fourth-order valence-corrected chi connectivity index (χ4v) is 2.42. The molecule has 0 bridgehead atoms. The Balaban J connectivity index is 1.97. The number of amides is 2. The Hall–Kier alpha value is -2.04. The molecule has 0 spiro atoms. The Bertz CT molecular complexity index is 760. The van der Waals surface area contributed by atoms with Crippen LogP contribution in [0, 0.1) is 13.8 Å². The van der Waals surface area contributed by atoms with Crippen molar-refractivity contribution >= 4 is 46.4 Å². The molecule has 0 aliphatic heterocycles. The summed E-state index contributed by atoms with van der Waals surface area (Å²) in [7, 11) is 0. The van der Waals surface area contributed by atoms with Crippen molar-refractivity contribution in [2.75, 3.05) is 10.6 Å². The van der Waals surface area contributed by atoms with Crippen molar-refractivity contribution in [1.82, 2.24) is 0 Å². The van der Waals surface area contributed by atoms with Gasteiger partial charge in [-0.15, -0.1) is 0 Å². The van der Waals surface area contributed by atoms with E-state index in [9.17, 15) is 9.59 Å². The molecule has 6 heteroatoms. The molecule has 0 aromatic heterocycles. The third-order valence-electron chi connectivity index (χ3n) is 3.18. The predicted octanol–water partition coefficient (Wildman–Crippen LogP) is 4.58. The first-order chi connectivity index (χ1) is 10.8. The lowest BCUT2D eigenvalue weighted by Crippen LogP contribution is -2.21. The second kappa shape index (κ2) is 7.49. The van der Waals surface area contributed by atoms with Crippen LogP contribution in [0.1, 0.15) is 17.5 Å². The number of hydrogen-bond donors (Lipinski definition) is 2. The molecule has 0 atom stereocenters. The molecule has 0 fully saturated rings. The summed E-state index contributed by atoms with van der Waals surface area (Å²) >= 11 is 11.8. The number of benzene rings is 2. The van der Waals surface area contributed by atoms with Crippen LogP contribution in [0.2, 0.25) is 10.0 Å². The van der Waals surface area contributed by atoms with Gasteiger partial charge in [0.25, 0.3) is 0 Å². The van der Waals surface area contributed by atoms with E-state index in [0.717, 1.165) is 11.1 Å². The van der Waals surface area contributed by atoms with Crippen molar-refractivity contribution in [3.05, 3.63) is 57.6 Å². The molecule has 0 aliphatic carbocycles. The monoisotopic (exact) mass is 350 g/mol. The molecule has 0 aliphatic rings.